The molecule has 2 aliphatic heterocycles. The van der Waals surface area contributed by atoms with E-state index in [4.69, 9.17) is 0 Å². The van der Waals surface area contributed by atoms with Gasteiger partial charge in [-0.15, -0.1) is 5.10 Å². The molecule has 166 valence electrons. The molecule has 0 amide bonds. The summed E-state index contributed by atoms with van der Waals surface area (Å²) >= 11 is 0. The van der Waals surface area contributed by atoms with Crippen molar-refractivity contribution in [3.05, 3.63) is 70.9 Å². The van der Waals surface area contributed by atoms with Crippen molar-refractivity contribution in [2.24, 2.45) is 0 Å². The summed E-state index contributed by atoms with van der Waals surface area (Å²) in [7, 11) is 2.18. The molecule has 32 heavy (non-hydrogen) atoms. The van der Waals surface area contributed by atoms with Crippen LogP contribution >= 0.6 is 0 Å². The number of anilines is 1. The molecule has 2 aromatic carbocycles. The summed E-state index contributed by atoms with van der Waals surface area (Å²) in [4.78, 5) is 2.36. The van der Waals surface area contributed by atoms with E-state index in [1.165, 1.54) is 22.3 Å². The van der Waals surface area contributed by atoms with Crippen molar-refractivity contribution in [3.63, 3.8) is 0 Å². The molecule has 3 aromatic rings. The van der Waals surface area contributed by atoms with E-state index in [9.17, 15) is 5.11 Å². The number of aryl methyl sites for hydroxylation is 2. The van der Waals surface area contributed by atoms with Gasteiger partial charge >= 0.3 is 0 Å². The van der Waals surface area contributed by atoms with E-state index < -0.39 is 0 Å². The van der Waals surface area contributed by atoms with Crippen molar-refractivity contribution in [1.29, 1.82) is 0 Å². The number of aliphatic hydroxyl groups is 1. The highest BCUT2D eigenvalue weighted by molar-refractivity contribution is 5.74. The summed E-state index contributed by atoms with van der Waals surface area (Å²) < 4.78 is 2.07. The molecule has 0 radical (unpaired) electrons. The van der Waals surface area contributed by atoms with Crippen LogP contribution in [-0.2, 0) is 13.2 Å². The highest BCUT2D eigenvalue weighted by Crippen LogP contribution is 2.38. The standard InChI is InChI=1S/C26H31N5O/c1-18-26-24-8-5-21(20-9-12-30(2)13-10-20)15-25(24)22(11-14-31(26)29-28-18)16-27-23-6-3-19(17-32)4-7-23/h3-9,15,22,27,32H,10-14,16-17H2,1-2H3. The van der Waals surface area contributed by atoms with E-state index in [0.717, 1.165) is 61.7 Å². The zero-order valence-corrected chi connectivity index (χ0v) is 18.9. The van der Waals surface area contributed by atoms with Gasteiger partial charge in [-0.05, 0) is 61.2 Å². The van der Waals surface area contributed by atoms with Crippen LogP contribution in [0.2, 0.25) is 0 Å². The van der Waals surface area contributed by atoms with Crippen molar-refractivity contribution >= 4 is 11.3 Å². The van der Waals surface area contributed by atoms with Gasteiger partial charge in [-0.2, -0.15) is 0 Å². The zero-order chi connectivity index (χ0) is 22.1. The van der Waals surface area contributed by atoms with Gasteiger partial charge in [-0.3, -0.25) is 0 Å². The van der Waals surface area contributed by atoms with E-state index in [-0.39, 0.29) is 6.61 Å². The maximum Gasteiger partial charge on any atom is 0.0917 e. The molecule has 2 N–H and O–H groups in total. The van der Waals surface area contributed by atoms with Crippen LogP contribution in [0.25, 0.3) is 16.8 Å². The first-order valence-electron chi connectivity index (χ1n) is 11.5. The quantitative estimate of drug-likeness (QED) is 0.640. The Bertz CT molecular complexity index is 1130. The summed E-state index contributed by atoms with van der Waals surface area (Å²) in [6, 6.07) is 15.0. The zero-order valence-electron chi connectivity index (χ0n) is 18.9. The molecule has 1 aromatic heterocycles. The molecule has 0 aliphatic carbocycles. The van der Waals surface area contributed by atoms with Gasteiger partial charge in [0.2, 0.25) is 0 Å². The summed E-state index contributed by atoms with van der Waals surface area (Å²) in [5.41, 5.74) is 9.58. The molecule has 0 saturated heterocycles. The highest BCUT2D eigenvalue weighted by atomic mass is 16.3. The lowest BCUT2D eigenvalue weighted by molar-refractivity contribution is 0.282. The molecule has 1 unspecified atom stereocenters. The lowest BCUT2D eigenvalue weighted by Crippen LogP contribution is -2.23. The van der Waals surface area contributed by atoms with Crippen molar-refractivity contribution in [1.82, 2.24) is 19.9 Å². The van der Waals surface area contributed by atoms with Crippen molar-refractivity contribution in [2.45, 2.75) is 38.8 Å². The molecular formula is C26H31N5O. The molecule has 1 atom stereocenters. The molecule has 6 heteroatoms. The third-order valence-corrected chi connectivity index (χ3v) is 6.81. The van der Waals surface area contributed by atoms with E-state index in [1.54, 1.807) is 0 Å². The van der Waals surface area contributed by atoms with Gasteiger partial charge in [0.15, 0.2) is 0 Å². The number of benzene rings is 2. The average Bonchev–Trinajstić information content (AvgIpc) is 3.11. The fourth-order valence-corrected chi connectivity index (χ4v) is 4.85. The Hall–Kier alpha value is -2.96. The monoisotopic (exact) mass is 429 g/mol. The molecule has 3 heterocycles. The largest absolute Gasteiger partial charge is 0.392 e. The first kappa shape index (κ1) is 20.9. The van der Waals surface area contributed by atoms with E-state index in [1.807, 2.05) is 24.3 Å². The maximum atomic E-state index is 9.30. The second-order valence-corrected chi connectivity index (χ2v) is 9.01. The van der Waals surface area contributed by atoms with E-state index in [0.29, 0.717) is 5.92 Å². The van der Waals surface area contributed by atoms with Crippen molar-refractivity contribution < 1.29 is 5.11 Å². The molecule has 6 nitrogen and oxygen atoms in total. The predicted octanol–water partition coefficient (Wildman–Crippen LogP) is 4.06. The third-order valence-electron chi connectivity index (χ3n) is 6.81. The van der Waals surface area contributed by atoms with Crippen LogP contribution in [0.3, 0.4) is 0 Å². The van der Waals surface area contributed by atoms with Gasteiger partial charge in [0.05, 0.1) is 18.0 Å². The highest BCUT2D eigenvalue weighted by Gasteiger charge is 2.26. The van der Waals surface area contributed by atoms with Crippen molar-refractivity contribution in [3.8, 4) is 11.3 Å². The lowest BCUT2D eigenvalue weighted by atomic mass is 9.87. The third kappa shape index (κ3) is 4.08. The van der Waals surface area contributed by atoms with Crippen LogP contribution in [0.5, 0.6) is 0 Å². The van der Waals surface area contributed by atoms with Crippen molar-refractivity contribution in [2.75, 3.05) is 32.0 Å². The molecular weight excluding hydrogens is 398 g/mol. The van der Waals surface area contributed by atoms with E-state index in [2.05, 4.69) is 63.5 Å². The fourth-order valence-electron chi connectivity index (χ4n) is 4.85. The molecule has 0 bridgehead atoms. The molecule has 0 fully saturated rings. The maximum absolute atomic E-state index is 9.30. The molecule has 5 rings (SSSR count). The minimum atomic E-state index is 0.0730. The number of nitrogens with zero attached hydrogens (tertiary/aromatic N) is 4. The number of hydrogen-bond donors (Lipinski definition) is 2. The first-order valence-corrected chi connectivity index (χ1v) is 11.5. The van der Waals surface area contributed by atoms with Crippen LogP contribution in [0, 0.1) is 6.92 Å². The van der Waals surface area contributed by atoms with Gasteiger partial charge in [-0.25, -0.2) is 4.68 Å². The molecule has 0 spiro atoms. The fraction of sp³-hybridized carbons (Fsp3) is 0.385. The summed E-state index contributed by atoms with van der Waals surface area (Å²) in [6.07, 6.45) is 4.47. The van der Waals surface area contributed by atoms with Gasteiger partial charge < -0.3 is 15.3 Å². The van der Waals surface area contributed by atoms with Gasteiger partial charge in [-0.1, -0.05) is 41.6 Å². The molecule has 2 aliphatic rings. The Labute approximate surface area is 189 Å². The minimum absolute atomic E-state index is 0.0730. The SMILES string of the molecule is Cc1nnn2c1-c1ccc(C3=CCN(C)CC3)cc1C(CNc1ccc(CO)cc1)CC2. The number of aliphatic hydroxyl groups excluding tert-OH is 1. The first-order chi connectivity index (χ1) is 15.6. The van der Waals surface area contributed by atoms with E-state index >= 15 is 0 Å². The second kappa shape index (κ2) is 8.88. The number of fused-ring (bicyclic) bond motifs is 3. The van der Waals surface area contributed by atoms with Crippen LogP contribution in [0.15, 0.2) is 48.5 Å². The average molecular weight is 430 g/mol. The van der Waals surface area contributed by atoms with Gasteiger partial charge in [0.1, 0.15) is 0 Å². The number of rotatable bonds is 5. The minimum Gasteiger partial charge on any atom is -0.392 e. The Balaban J connectivity index is 1.48. The summed E-state index contributed by atoms with van der Waals surface area (Å²) in [6.45, 7) is 5.96. The van der Waals surface area contributed by atoms with Crippen LogP contribution in [0.4, 0.5) is 5.69 Å². The Kier molecular flexibility index (Phi) is 5.81. The van der Waals surface area contributed by atoms with Crippen LogP contribution in [-0.4, -0.2) is 51.7 Å². The van der Waals surface area contributed by atoms with Gasteiger partial charge in [0, 0.05) is 43.3 Å². The predicted molar refractivity (Wildman–Crippen MR) is 128 cm³/mol. The summed E-state index contributed by atoms with van der Waals surface area (Å²) in [5.74, 6) is 0.371. The van der Waals surface area contributed by atoms with Gasteiger partial charge in [0.25, 0.3) is 0 Å². The Morgan fingerprint density at radius 1 is 1.12 bits per heavy atom. The number of hydrogen-bond acceptors (Lipinski definition) is 5. The van der Waals surface area contributed by atoms with Crippen LogP contribution in [0.1, 0.15) is 41.1 Å². The smallest absolute Gasteiger partial charge is 0.0917 e. The normalized spacial score (nSPS) is 18.5. The number of nitrogens with one attached hydrogen (secondary N) is 1. The van der Waals surface area contributed by atoms with Crippen LogP contribution < -0.4 is 5.32 Å². The molecule has 0 saturated carbocycles. The Morgan fingerprint density at radius 3 is 2.72 bits per heavy atom. The topological polar surface area (TPSA) is 66.2 Å². The summed E-state index contributed by atoms with van der Waals surface area (Å²) in [5, 5.41) is 21.7. The number of likely N-dealkylation sites (N-methyl/N-ethyl adjacent to an activating group) is 1. The number of aromatic nitrogens is 3. The lowest BCUT2D eigenvalue weighted by Gasteiger charge is -2.24. The second-order valence-electron chi connectivity index (χ2n) is 9.01. The Morgan fingerprint density at radius 2 is 1.97 bits per heavy atom.